The Balaban J connectivity index is 1.40. The summed E-state index contributed by atoms with van der Waals surface area (Å²) >= 11 is 0. The maximum Gasteiger partial charge on any atom is 0.254 e. The molecule has 5 nitrogen and oxygen atoms in total. The molecule has 4 aromatic rings. The Bertz CT molecular complexity index is 1520. The number of fused-ring (bicyclic) bond motifs is 5. The lowest BCUT2D eigenvalue weighted by Gasteiger charge is -2.34. The van der Waals surface area contributed by atoms with E-state index < -0.39 is 17.5 Å². The average molecular weight is 477 g/mol. The van der Waals surface area contributed by atoms with E-state index in [0.717, 1.165) is 58.4 Å². The van der Waals surface area contributed by atoms with E-state index in [0.29, 0.717) is 17.7 Å². The molecule has 6 rings (SSSR count). The summed E-state index contributed by atoms with van der Waals surface area (Å²) in [4.78, 5) is 20.2. The van der Waals surface area contributed by atoms with Crippen molar-refractivity contribution >= 4 is 16.8 Å². The van der Waals surface area contributed by atoms with Gasteiger partial charge in [0.25, 0.3) is 5.91 Å². The molecule has 2 bridgehead atoms. The first-order valence-corrected chi connectivity index (χ1v) is 11.6. The highest BCUT2D eigenvalue weighted by Gasteiger charge is 2.45. The number of aromatic nitrogens is 3. The first-order valence-electron chi connectivity index (χ1n) is 11.6. The molecule has 2 aromatic carbocycles. The fourth-order valence-electron chi connectivity index (χ4n) is 5.86. The molecule has 0 aliphatic carbocycles. The molecular weight excluding hydrogens is 453 g/mol. The van der Waals surface area contributed by atoms with Crippen molar-refractivity contribution < 1.29 is 18.0 Å². The number of carbonyl (C=O) groups excluding carboxylic acids is 1. The van der Waals surface area contributed by atoms with Crippen molar-refractivity contribution in [3.63, 3.8) is 0 Å². The highest BCUT2D eigenvalue weighted by molar-refractivity contribution is 5.99. The predicted octanol–water partition coefficient (Wildman–Crippen LogP) is 5.57. The van der Waals surface area contributed by atoms with Gasteiger partial charge in [0.2, 0.25) is 0 Å². The van der Waals surface area contributed by atoms with E-state index in [1.165, 1.54) is 0 Å². The summed E-state index contributed by atoms with van der Waals surface area (Å²) in [6.45, 7) is 3.97. The Morgan fingerprint density at radius 2 is 1.77 bits per heavy atom. The van der Waals surface area contributed by atoms with Gasteiger partial charge in [0, 0.05) is 40.9 Å². The Kier molecular flexibility index (Phi) is 4.78. The van der Waals surface area contributed by atoms with E-state index in [1.807, 2.05) is 43.0 Å². The van der Waals surface area contributed by atoms with Crippen LogP contribution in [0.4, 0.5) is 13.2 Å². The summed E-state index contributed by atoms with van der Waals surface area (Å²) in [5, 5.41) is 5.68. The van der Waals surface area contributed by atoms with E-state index in [2.05, 4.69) is 10.1 Å². The van der Waals surface area contributed by atoms with Crippen LogP contribution in [0.1, 0.15) is 51.8 Å². The summed E-state index contributed by atoms with van der Waals surface area (Å²) < 4.78 is 43.1. The molecule has 178 valence electrons. The van der Waals surface area contributed by atoms with Gasteiger partial charge < -0.3 is 4.90 Å². The number of amides is 1. The smallest absolute Gasteiger partial charge is 0.254 e. The summed E-state index contributed by atoms with van der Waals surface area (Å²) in [6, 6.07) is 9.38. The second-order valence-electron chi connectivity index (χ2n) is 9.57. The van der Waals surface area contributed by atoms with Crippen LogP contribution in [0, 0.1) is 31.3 Å². The molecular formula is C27H23F3N4O. The molecule has 8 heteroatoms. The second kappa shape index (κ2) is 7.66. The van der Waals surface area contributed by atoms with Gasteiger partial charge in [-0.3, -0.25) is 14.5 Å². The van der Waals surface area contributed by atoms with Gasteiger partial charge in [0.15, 0.2) is 17.5 Å². The first kappa shape index (κ1) is 21.8. The van der Waals surface area contributed by atoms with E-state index in [1.54, 1.807) is 11.7 Å². The molecule has 1 amide bonds. The van der Waals surface area contributed by atoms with E-state index >= 15 is 0 Å². The SMILES string of the molecule is Cc1cc(C)c2ccc(C(=O)N3C4CC[C@H]3c3nn(C)c(-c5cc(F)c(F)c(F)c5)c3C4)cc2n1. The van der Waals surface area contributed by atoms with Crippen LogP contribution in [-0.2, 0) is 13.5 Å². The average Bonchev–Trinajstić information content (AvgIpc) is 3.32. The molecule has 4 heterocycles. The van der Waals surface area contributed by atoms with Gasteiger partial charge in [0.1, 0.15) is 0 Å². The number of benzene rings is 2. The second-order valence-corrected chi connectivity index (χ2v) is 9.57. The van der Waals surface area contributed by atoms with E-state index in [-0.39, 0.29) is 23.6 Å². The van der Waals surface area contributed by atoms with Crippen molar-refractivity contribution in [3.8, 4) is 11.3 Å². The standard InChI is InChI=1S/C27H23F3N4O/c1-13-8-14(2)31-22-11-15(4-6-18(13)22)27(35)34-17-5-7-23(34)25-19(12-17)26(33(3)32-25)16-9-20(28)24(30)21(29)10-16/h4,6,8-11,17,23H,5,7,12H2,1-3H3/t17?,23-/m0/s1. The minimum Gasteiger partial charge on any atom is -0.327 e. The van der Waals surface area contributed by atoms with Gasteiger partial charge in [0.05, 0.1) is 22.9 Å². The Labute approximate surface area is 200 Å². The van der Waals surface area contributed by atoms with Crippen LogP contribution in [0.3, 0.4) is 0 Å². The lowest BCUT2D eigenvalue weighted by atomic mass is 9.94. The van der Waals surface area contributed by atoms with Gasteiger partial charge in [-0.1, -0.05) is 6.07 Å². The van der Waals surface area contributed by atoms with Crippen molar-refractivity contribution in [2.75, 3.05) is 0 Å². The maximum atomic E-state index is 14.0. The van der Waals surface area contributed by atoms with Crippen LogP contribution in [0.2, 0.25) is 0 Å². The van der Waals surface area contributed by atoms with Crippen molar-refractivity contribution in [2.24, 2.45) is 7.05 Å². The normalized spacial score (nSPS) is 18.9. The summed E-state index contributed by atoms with van der Waals surface area (Å²) in [7, 11) is 1.70. The maximum absolute atomic E-state index is 14.0. The van der Waals surface area contributed by atoms with Gasteiger partial charge in [-0.05, 0) is 69.0 Å². The molecule has 0 spiro atoms. The van der Waals surface area contributed by atoms with Crippen LogP contribution in [0.5, 0.6) is 0 Å². The number of pyridine rings is 1. The van der Waals surface area contributed by atoms with Crippen LogP contribution in [0.15, 0.2) is 36.4 Å². The van der Waals surface area contributed by atoms with E-state index in [9.17, 15) is 18.0 Å². The van der Waals surface area contributed by atoms with Crippen LogP contribution < -0.4 is 0 Å². The lowest BCUT2D eigenvalue weighted by molar-refractivity contribution is 0.0642. The summed E-state index contributed by atoms with van der Waals surface area (Å²) in [5.74, 6) is -4.03. The third kappa shape index (κ3) is 3.26. The molecule has 2 aliphatic rings. The third-order valence-corrected chi connectivity index (χ3v) is 7.32. The van der Waals surface area contributed by atoms with Gasteiger partial charge in [-0.2, -0.15) is 5.10 Å². The third-order valence-electron chi connectivity index (χ3n) is 7.32. The molecule has 2 atom stereocenters. The van der Waals surface area contributed by atoms with Crippen LogP contribution >= 0.6 is 0 Å². The molecule has 1 fully saturated rings. The fraction of sp³-hybridized carbons (Fsp3) is 0.296. The number of hydrogen-bond donors (Lipinski definition) is 0. The zero-order valence-corrected chi connectivity index (χ0v) is 19.6. The van der Waals surface area contributed by atoms with Crippen molar-refractivity contribution in [2.45, 2.75) is 45.2 Å². The van der Waals surface area contributed by atoms with Crippen molar-refractivity contribution in [1.82, 2.24) is 19.7 Å². The predicted molar refractivity (Wildman–Crippen MR) is 125 cm³/mol. The molecule has 0 N–H and O–H groups in total. The zero-order valence-electron chi connectivity index (χ0n) is 19.6. The highest BCUT2D eigenvalue weighted by Crippen LogP contribution is 2.47. The fourth-order valence-corrected chi connectivity index (χ4v) is 5.86. The molecule has 1 unspecified atom stereocenters. The van der Waals surface area contributed by atoms with Crippen molar-refractivity contribution in [3.05, 3.63) is 81.9 Å². The lowest BCUT2D eigenvalue weighted by Crippen LogP contribution is -2.41. The zero-order chi connectivity index (χ0) is 24.6. The quantitative estimate of drug-likeness (QED) is 0.356. The number of hydrogen-bond acceptors (Lipinski definition) is 3. The van der Waals surface area contributed by atoms with E-state index in [4.69, 9.17) is 0 Å². The highest BCUT2D eigenvalue weighted by atomic mass is 19.2. The molecule has 2 aromatic heterocycles. The van der Waals surface area contributed by atoms with Gasteiger partial charge >= 0.3 is 0 Å². The number of rotatable bonds is 2. The summed E-state index contributed by atoms with van der Waals surface area (Å²) in [6.07, 6.45) is 2.09. The Morgan fingerprint density at radius 1 is 1.03 bits per heavy atom. The molecule has 1 saturated heterocycles. The van der Waals surface area contributed by atoms with Crippen LogP contribution in [0.25, 0.3) is 22.2 Å². The number of halogens is 3. The largest absolute Gasteiger partial charge is 0.327 e. The summed E-state index contributed by atoms with van der Waals surface area (Å²) in [5.41, 5.74) is 5.78. The molecule has 0 radical (unpaired) electrons. The molecule has 2 aliphatic heterocycles. The minimum absolute atomic E-state index is 0.0546. The van der Waals surface area contributed by atoms with Crippen molar-refractivity contribution in [1.29, 1.82) is 0 Å². The number of aryl methyl sites for hydroxylation is 3. The monoisotopic (exact) mass is 476 g/mol. The Morgan fingerprint density at radius 3 is 2.51 bits per heavy atom. The molecule has 35 heavy (non-hydrogen) atoms. The number of nitrogens with zero attached hydrogens (tertiary/aromatic N) is 4. The topological polar surface area (TPSA) is 51.0 Å². The van der Waals surface area contributed by atoms with Gasteiger partial charge in [-0.15, -0.1) is 0 Å². The minimum atomic E-state index is -1.49. The molecule has 0 saturated carbocycles. The Hall–Kier alpha value is -3.68. The number of carbonyl (C=O) groups is 1. The first-order chi connectivity index (χ1) is 16.7. The van der Waals surface area contributed by atoms with Gasteiger partial charge in [-0.25, -0.2) is 13.2 Å². The van der Waals surface area contributed by atoms with Crippen LogP contribution in [-0.4, -0.2) is 31.6 Å².